The standard InChI is InChI=1S/C28H31F7O/c1-2-3-16-12-22(29)26(23(30)13-16)28(34,35)36-21-10-8-18(9-11-21)17-4-6-19(7-5-17)20-14-24(31)27(33)25(32)15-20/h12-15,17-19,21H,2-11H2,1H3. The second kappa shape index (κ2) is 11.1. The van der Waals surface area contributed by atoms with Crippen molar-refractivity contribution in [2.45, 2.75) is 89.3 Å². The van der Waals surface area contributed by atoms with Gasteiger partial charge < -0.3 is 4.74 Å². The van der Waals surface area contributed by atoms with E-state index in [0.717, 1.165) is 49.9 Å². The Balaban J connectivity index is 1.30. The molecule has 0 amide bonds. The van der Waals surface area contributed by atoms with Gasteiger partial charge in [0.25, 0.3) is 0 Å². The van der Waals surface area contributed by atoms with Gasteiger partial charge in [-0.3, -0.25) is 0 Å². The highest BCUT2D eigenvalue weighted by Crippen LogP contribution is 2.45. The summed E-state index contributed by atoms with van der Waals surface area (Å²) in [7, 11) is 0. The zero-order valence-corrected chi connectivity index (χ0v) is 20.2. The molecule has 0 spiro atoms. The molecular formula is C28H31F7O. The quantitative estimate of drug-likeness (QED) is 0.264. The number of aryl methyl sites for hydroxylation is 1. The Labute approximate surface area is 207 Å². The van der Waals surface area contributed by atoms with E-state index >= 15 is 0 Å². The van der Waals surface area contributed by atoms with Crippen LogP contribution in [-0.2, 0) is 17.3 Å². The zero-order valence-electron chi connectivity index (χ0n) is 20.2. The maximum atomic E-state index is 14.7. The minimum absolute atomic E-state index is 0.0438. The monoisotopic (exact) mass is 516 g/mol. The molecule has 2 aliphatic rings. The molecule has 0 heterocycles. The average molecular weight is 517 g/mol. The van der Waals surface area contributed by atoms with Crippen LogP contribution < -0.4 is 0 Å². The van der Waals surface area contributed by atoms with Crippen LogP contribution in [0.5, 0.6) is 0 Å². The van der Waals surface area contributed by atoms with Gasteiger partial charge in [0.1, 0.15) is 17.2 Å². The zero-order chi connectivity index (χ0) is 26.0. The fourth-order valence-corrected chi connectivity index (χ4v) is 6.02. The van der Waals surface area contributed by atoms with Gasteiger partial charge in [-0.1, -0.05) is 13.3 Å². The van der Waals surface area contributed by atoms with E-state index in [0.29, 0.717) is 61.5 Å². The maximum absolute atomic E-state index is 14.7. The average Bonchev–Trinajstić information content (AvgIpc) is 2.82. The van der Waals surface area contributed by atoms with Crippen molar-refractivity contribution >= 4 is 0 Å². The first-order chi connectivity index (χ1) is 17.1. The van der Waals surface area contributed by atoms with Crippen molar-refractivity contribution in [3.05, 3.63) is 70.0 Å². The van der Waals surface area contributed by atoms with Crippen molar-refractivity contribution in [2.24, 2.45) is 11.8 Å². The number of alkyl halides is 2. The molecule has 0 N–H and O–H groups in total. The molecule has 4 rings (SSSR count). The summed E-state index contributed by atoms with van der Waals surface area (Å²) in [5.41, 5.74) is -0.542. The topological polar surface area (TPSA) is 9.23 Å². The smallest absolute Gasteiger partial charge is 0.313 e. The first kappa shape index (κ1) is 27.0. The predicted octanol–water partition coefficient (Wildman–Crippen LogP) is 8.93. The third-order valence-electron chi connectivity index (χ3n) is 7.88. The van der Waals surface area contributed by atoms with Gasteiger partial charge >= 0.3 is 6.11 Å². The van der Waals surface area contributed by atoms with E-state index in [-0.39, 0.29) is 5.92 Å². The van der Waals surface area contributed by atoms with Gasteiger partial charge in [-0.05, 0) is 111 Å². The van der Waals surface area contributed by atoms with Crippen LogP contribution in [0, 0.1) is 40.9 Å². The summed E-state index contributed by atoms with van der Waals surface area (Å²) >= 11 is 0. The molecular weight excluding hydrogens is 485 g/mol. The molecule has 2 aromatic carbocycles. The Morgan fingerprint density at radius 1 is 0.722 bits per heavy atom. The van der Waals surface area contributed by atoms with Crippen molar-refractivity contribution in [1.82, 2.24) is 0 Å². The molecule has 0 radical (unpaired) electrons. The largest absolute Gasteiger partial charge is 0.389 e. The Morgan fingerprint density at radius 2 is 1.22 bits per heavy atom. The van der Waals surface area contributed by atoms with E-state index in [1.54, 1.807) is 0 Å². The van der Waals surface area contributed by atoms with Crippen molar-refractivity contribution in [1.29, 1.82) is 0 Å². The van der Waals surface area contributed by atoms with Crippen molar-refractivity contribution in [3.63, 3.8) is 0 Å². The molecule has 0 aromatic heterocycles. The van der Waals surface area contributed by atoms with E-state index in [9.17, 15) is 30.7 Å². The summed E-state index contributed by atoms with van der Waals surface area (Å²) < 4.78 is 104. The lowest BCUT2D eigenvalue weighted by Crippen LogP contribution is -2.33. The molecule has 0 bridgehead atoms. The first-order valence-electron chi connectivity index (χ1n) is 12.8. The van der Waals surface area contributed by atoms with Crippen LogP contribution in [0.15, 0.2) is 24.3 Å². The van der Waals surface area contributed by atoms with Gasteiger partial charge in [0.05, 0.1) is 6.10 Å². The van der Waals surface area contributed by atoms with Crippen molar-refractivity contribution in [2.75, 3.05) is 0 Å². The van der Waals surface area contributed by atoms with Crippen molar-refractivity contribution < 1.29 is 35.5 Å². The Kier molecular flexibility index (Phi) is 8.32. The lowest BCUT2D eigenvalue weighted by Gasteiger charge is -2.38. The van der Waals surface area contributed by atoms with Crippen molar-refractivity contribution in [3.8, 4) is 0 Å². The van der Waals surface area contributed by atoms with Crippen LogP contribution in [0.4, 0.5) is 30.7 Å². The van der Waals surface area contributed by atoms with Crippen LogP contribution >= 0.6 is 0 Å². The summed E-state index contributed by atoms with van der Waals surface area (Å²) in [6, 6.07) is 4.02. The number of rotatable bonds is 7. The van der Waals surface area contributed by atoms with Crippen LogP contribution in [0.1, 0.15) is 87.3 Å². The second-order valence-corrected chi connectivity index (χ2v) is 10.3. The van der Waals surface area contributed by atoms with E-state index in [1.807, 2.05) is 6.92 Å². The van der Waals surface area contributed by atoms with Crippen LogP contribution in [0.2, 0.25) is 0 Å². The lowest BCUT2D eigenvalue weighted by molar-refractivity contribution is -0.281. The molecule has 2 fully saturated rings. The number of benzene rings is 2. The molecule has 0 atom stereocenters. The highest BCUT2D eigenvalue weighted by Gasteiger charge is 2.43. The lowest BCUT2D eigenvalue weighted by atomic mass is 9.69. The third-order valence-corrected chi connectivity index (χ3v) is 7.88. The Morgan fingerprint density at radius 3 is 1.72 bits per heavy atom. The molecule has 1 nitrogen and oxygen atoms in total. The number of hydrogen-bond acceptors (Lipinski definition) is 1. The van der Waals surface area contributed by atoms with Crippen LogP contribution in [-0.4, -0.2) is 6.10 Å². The van der Waals surface area contributed by atoms with Crippen LogP contribution in [0.25, 0.3) is 0 Å². The molecule has 2 aliphatic carbocycles. The minimum atomic E-state index is -4.06. The van der Waals surface area contributed by atoms with Gasteiger partial charge in [0.2, 0.25) is 0 Å². The highest BCUT2D eigenvalue weighted by atomic mass is 19.3. The Bertz CT molecular complexity index is 1010. The Hall–Kier alpha value is -2.09. The molecule has 36 heavy (non-hydrogen) atoms. The van der Waals surface area contributed by atoms with E-state index in [1.165, 1.54) is 0 Å². The van der Waals surface area contributed by atoms with E-state index in [2.05, 4.69) is 0 Å². The molecule has 0 saturated heterocycles. The summed E-state index contributed by atoms with van der Waals surface area (Å²) in [4.78, 5) is 0. The number of halogens is 7. The molecule has 0 aliphatic heterocycles. The SMILES string of the molecule is CCCc1cc(F)c(C(F)(F)OC2CCC(C3CCC(c4cc(F)c(F)c(F)c4)CC3)CC2)c(F)c1. The van der Waals surface area contributed by atoms with E-state index < -0.39 is 46.9 Å². The highest BCUT2D eigenvalue weighted by molar-refractivity contribution is 5.29. The summed E-state index contributed by atoms with van der Waals surface area (Å²) in [6.45, 7) is 1.83. The molecule has 0 unspecified atom stereocenters. The van der Waals surface area contributed by atoms with Gasteiger partial charge in [-0.15, -0.1) is 0 Å². The third kappa shape index (κ3) is 5.90. The first-order valence-corrected chi connectivity index (χ1v) is 12.8. The van der Waals surface area contributed by atoms with Gasteiger partial charge in [0, 0.05) is 0 Å². The van der Waals surface area contributed by atoms with Gasteiger partial charge in [-0.2, -0.15) is 8.78 Å². The summed E-state index contributed by atoms with van der Waals surface area (Å²) in [6.07, 6.45) is 1.33. The molecule has 8 heteroatoms. The maximum Gasteiger partial charge on any atom is 0.389 e. The second-order valence-electron chi connectivity index (χ2n) is 10.3. The molecule has 2 aromatic rings. The normalized spacial score (nSPS) is 25.2. The molecule has 198 valence electrons. The molecule has 2 saturated carbocycles. The minimum Gasteiger partial charge on any atom is -0.313 e. The number of hydrogen-bond donors (Lipinski definition) is 0. The summed E-state index contributed by atoms with van der Waals surface area (Å²) in [5.74, 6) is -5.79. The van der Waals surface area contributed by atoms with E-state index in [4.69, 9.17) is 4.74 Å². The van der Waals surface area contributed by atoms with Crippen LogP contribution in [0.3, 0.4) is 0 Å². The summed E-state index contributed by atoms with van der Waals surface area (Å²) in [5, 5.41) is 0. The fraction of sp³-hybridized carbons (Fsp3) is 0.571. The predicted molar refractivity (Wildman–Crippen MR) is 122 cm³/mol. The number of ether oxygens (including phenoxy) is 1. The van der Waals surface area contributed by atoms with Gasteiger partial charge in [-0.25, -0.2) is 22.0 Å². The fourth-order valence-electron chi connectivity index (χ4n) is 6.02. The van der Waals surface area contributed by atoms with Gasteiger partial charge in [0.15, 0.2) is 17.5 Å².